The smallest absolute Gasteiger partial charge is 0.328 e. The summed E-state index contributed by atoms with van der Waals surface area (Å²) in [4.78, 5) is 39.8. The highest BCUT2D eigenvalue weighted by Crippen LogP contribution is 2.11. The van der Waals surface area contributed by atoms with Crippen molar-refractivity contribution >= 4 is 17.8 Å². The van der Waals surface area contributed by atoms with Crippen molar-refractivity contribution in [2.75, 3.05) is 13.1 Å². The van der Waals surface area contributed by atoms with Gasteiger partial charge in [-0.25, -0.2) is 4.79 Å². The zero-order valence-corrected chi connectivity index (χ0v) is 10.3. The second kappa shape index (κ2) is 5.05. The lowest BCUT2D eigenvalue weighted by molar-refractivity contribution is -0.144. The van der Waals surface area contributed by atoms with E-state index < -0.39 is 17.9 Å². The molecule has 2 N–H and O–H groups in total. The summed E-state index contributed by atoms with van der Waals surface area (Å²) in [6.07, 6.45) is 1.47. The molecule has 1 aliphatic rings. The van der Waals surface area contributed by atoms with Gasteiger partial charge in [0.1, 0.15) is 12.6 Å². The Kier molecular flexibility index (Phi) is 3.46. The average molecular weight is 263 g/mol. The molecule has 0 aromatic carbocycles. The van der Waals surface area contributed by atoms with Gasteiger partial charge >= 0.3 is 5.97 Å². The molecule has 0 saturated carbocycles. The van der Waals surface area contributed by atoms with E-state index in [1.807, 2.05) is 0 Å². The molecule has 2 rings (SSSR count). The summed E-state index contributed by atoms with van der Waals surface area (Å²) in [5.74, 6) is -1.98. The number of rotatable bonds is 2. The number of carboxylic acids is 1. The Bertz CT molecular complexity index is 544. The third kappa shape index (κ3) is 2.70. The minimum Gasteiger partial charge on any atom is -0.480 e. The van der Waals surface area contributed by atoms with Gasteiger partial charge < -0.3 is 15.3 Å². The van der Waals surface area contributed by atoms with Crippen LogP contribution in [0.25, 0.3) is 0 Å². The molecule has 1 aliphatic heterocycles. The predicted molar refractivity (Wildman–Crippen MR) is 64.4 cm³/mol. The van der Waals surface area contributed by atoms with Crippen molar-refractivity contribution in [2.45, 2.75) is 13.0 Å². The van der Waals surface area contributed by atoms with Crippen molar-refractivity contribution in [3.05, 3.63) is 29.6 Å². The molecule has 0 spiro atoms. The first kappa shape index (κ1) is 13.0. The standard InChI is InChI=1S/C12H13N3O4/c1-7-4-8(2-3-13-7)11(17)15-6-10(16)14-5-9(15)12(18)19/h2-4,9H,5-6H2,1H3,(H,14,16)(H,18,19). The monoisotopic (exact) mass is 263 g/mol. The number of aryl methyl sites for hydroxylation is 1. The third-order valence-corrected chi connectivity index (χ3v) is 2.87. The maximum absolute atomic E-state index is 12.3. The largest absolute Gasteiger partial charge is 0.480 e. The average Bonchev–Trinajstić information content (AvgIpc) is 2.37. The summed E-state index contributed by atoms with van der Waals surface area (Å²) in [7, 11) is 0. The van der Waals surface area contributed by atoms with Crippen molar-refractivity contribution in [1.82, 2.24) is 15.2 Å². The molecule has 2 amide bonds. The minimum atomic E-state index is -1.14. The van der Waals surface area contributed by atoms with Crippen LogP contribution in [0.3, 0.4) is 0 Å². The molecule has 1 atom stereocenters. The Hall–Kier alpha value is -2.44. The van der Waals surface area contributed by atoms with E-state index in [4.69, 9.17) is 5.11 Å². The molecular formula is C12H13N3O4. The maximum Gasteiger partial charge on any atom is 0.328 e. The molecule has 100 valence electrons. The first-order valence-corrected chi connectivity index (χ1v) is 5.72. The summed E-state index contributed by atoms with van der Waals surface area (Å²) in [6, 6.07) is 2.02. The van der Waals surface area contributed by atoms with Crippen molar-refractivity contribution in [3.8, 4) is 0 Å². The highest BCUT2D eigenvalue weighted by molar-refractivity contribution is 5.99. The number of nitrogens with zero attached hydrogens (tertiary/aromatic N) is 2. The molecular weight excluding hydrogens is 250 g/mol. The van der Waals surface area contributed by atoms with Crippen molar-refractivity contribution in [1.29, 1.82) is 0 Å². The molecule has 7 heteroatoms. The van der Waals surface area contributed by atoms with Crippen LogP contribution in [-0.4, -0.2) is 51.9 Å². The van der Waals surface area contributed by atoms with Crippen LogP contribution in [0, 0.1) is 6.92 Å². The van der Waals surface area contributed by atoms with Gasteiger partial charge in [0.2, 0.25) is 5.91 Å². The molecule has 1 aromatic rings. The van der Waals surface area contributed by atoms with Gasteiger partial charge in [0.15, 0.2) is 0 Å². The Morgan fingerprint density at radius 2 is 2.26 bits per heavy atom. The molecule has 1 aromatic heterocycles. The molecule has 1 saturated heterocycles. The summed E-state index contributed by atoms with van der Waals surface area (Å²) < 4.78 is 0. The Morgan fingerprint density at radius 3 is 2.89 bits per heavy atom. The van der Waals surface area contributed by atoms with Crippen molar-refractivity contribution < 1.29 is 19.5 Å². The van der Waals surface area contributed by atoms with Gasteiger partial charge in [0.25, 0.3) is 5.91 Å². The van der Waals surface area contributed by atoms with Crippen LogP contribution in [0.15, 0.2) is 18.3 Å². The Labute approximate surface area is 109 Å². The van der Waals surface area contributed by atoms with Gasteiger partial charge in [-0.05, 0) is 19.1 Å². The van der Waals surface area contributed by atoms with E-state index in [0.717, 1.165) is 4.90 Å². The number of amides is 2. The number of aliphatic carboxylic acids is 1. The van der Waals surface area contributed by atoms with Crippen LogP contribution in [-0.2, 0) is 9.59 Å². The number of carbonyl (C=O) groups is 3. The zero-order valence-electron chi connectivity index (χ0n) is 10.3. The first-order chi connectivity index (χ1) is 8.99. The number of piperazine rings is 1. The predicted octanol–water partition coefficient (Wildman–Crippen LogP) is -0.585. The van der Waals surface area contributed by atoms with Gasteiger partial charge in [-0.2, -0.15) is 0 Å². The summed E-state index contributed by atoms with van der Waals surface area (Å²) >= 11 is 0. The fraction of sp³-hybridized carbons (Fsp3) is 0.333. The lowest BCUT2D eigenvalue weighted by Crippen LogP contribution is -2.59. The second-order valence-corrected chi connectivity index (χ2v) is 4.28. The van der Waals surface area contributed by atoms with E-state index in [9.17, 15) is 14.4 Å². The number of aromatic nitrogens is 1. The zero-order chi connectivity index (χ0) is 14.0. The molecule has 0 bridgehead atoms. The van der Waals surface area contributed by atoms with Gasteiger partial charge in [-0.1, -0.05) is 0 Å². The van der Waals surface area contributed by atoms with Crippen molar-refractivity contribution in [2.24, 2.45) is 0 Å². The number of hydrogen-bond donors (Lipinski definition) is 2. The van der Waals surface area contributed by atoms with E-state index in [2.05, 4.69) is 10.3 Å². The Balaban J connectivity index is 2.28. The SMILES string of the molecule is Cc1cc(C(=O)N2CC(=O)NCC2C(=O)O)ccn1. The quantitative estimate of drug-likeness (QED) is 0.743. The molecule has 19 heavy (non-hydrogen) atoms. The van der Waals surface area contributed by atoms with Crippen LogP contribution in [0.2, 0.25) is 0 Å². The van der Waals surface area contributed by atoms with E-state index in [-0.39, 0.29) is 19.0 Å². The minimum absolute atomic E-state index is 0.0794. The van der Waals surface area contributed by atoms with Gasteiger partial charge in [-0.15, -0.1) is 0 Å². The van der Waals surface area contributed by atoms with Gasteiger partial charge in [-0.3, -0.25) is 14.6 Å². The van der Waals surface area contributed by atoms with Crippen LogP contribution in [0.1, 0.15) is 16.1 Å². The van der Waals surface area contributed by atoms with Gasteiger partial charge in [0, 0.05) is 24.0 Å². The second-order valence-electron chi connectivity index (χ2n) is 4.28. The third-order valence-electron chi connectivity index (χ3n) is 2.87. The highest BCUT2D eigenvalue weighted by atomic mass is 16.4. The number of nitrogens with one attached hydrogen (secondary N) is 1. The first-order valence-electron chi connectivity index (χ1n) is 5.72. The molecule has 1 fully saturated rings. The maximum atomic E-state index is 12.3. The molecule has 0 aliphatic carbocycles. The van der Waals surface area contributed by atoms with Crippen LogP contribution in [0.4, 0.5) is 0 Å². The van der Waals surface area contributed by atoms with E-state index in [0.29, 0.717) is 11.3 Å². The van der Waals surface area contributed by atoms with Crippen LogP contribution in [0.5, 0.6) is 0 Å². The number of pyridine rings is 1. The number of carboxylic acid groups (broad SMARTS) is 1. The number of carbonyl (C=O) groups excluding carboxylic acids is 2. The van der Waals surface area contributed by atoms with E-state index in [1.54, 1.807) is 13.0 Å². The summed E-state index contributed by atoms with van der Waals surface area (Å²) in [5.41, 5.74) is 0.979. The highest BCUT2D eigenvalue weighted by Gasteiger charge is 2.35. The fourth-order valence-corrected chi connectivity index (χ4v) is 1.92. The number of hydrogen-bond acceptors (Lipinski definition) is 4. The molecule has 0 radical (unpaired) electrons. The van der Waals surface area contributed by atoms with Crippen LogP contribution < -0.4 is 5.32 Å². The molecule has 1 unspecified atom stereocenters. The topological polar surface area (TPSA) is 99.6 Å². The van der Waals surface area contributed by atoms with E-state index in [1.165, 1.54) is 12.3 Å². The summed E-state index contributed by atoms with van der Waals surface area (Å²) in [5, 5.41) is 11.5. The lowest BCUT2D eigenvalue weighted by atomic mass is 10.1. The lowest BCUT2D eigenvalue weighted by Gasteiger charge is -2.32. The summed E-state index contributed by atoms with van der Waals surface area (Å²) in [6.45, 7) is 1.40. The normalized spacial score (nSPS) is 18.9. The Morgan fingerprint density at radius 1 is 1.53 bits per heavy atom. The van der Waals surface area contributed by atoms with Crippen LogP contribution >= 0.6 is 0 Å². The molecule has 2 heterocycles. The van der Waals surface area contributed by atoms with E-state index >= 15 is 0 Å². The van der Waals surface area contributed by atoms with Gasteiger partial charge in [0.05, 0.1) is 0 Å². The molecule has 7 nitrogen and oxygen atoms in total. The van der Waals surface area contributed by atoms with Crippen molar-refractivity contribution in [3.63, 3.8) is 0 Å². The fourth-order valence-electron chi connectivity index (χ4n) is 1.92.